The summed E-state index contributed by atoms with van der Waals surface area (Å²) in [5, 5.41) is 18.8. The standard InChI is InChI=1S/C15H19N3O3S/c1-15(20,11-3-2-7-21-11)9-17-14(19)18-12(10-4-5-10)13-16-6-8-22-13/h2-3,6-8,10,12,20H,4-5,9H2,1H3,(H2,17,18,19)/t12-,15+/m1/s1. The Morgan fingerprint density at radius 1 is 1.64 bits per heavy atom. The molecule has 1 aliphatic carbocycles. The van der Waals surface area contributed by atoms with Crippen molar-refractivity contribution < 1.29 is 14.3 Å². The molecule has 1 aliphatic rings. The molecule has 2 aromatic heterocycles. The molecule has 2 amide bonds. The summed E-state index contributed by atoms with van der Waals surface area (Å²) in [5.74, 6) is 0.883. The predicted octanol–water partition coefficient (Wildman–Crippen LogP) is 2.39. The zero-order valence-corrected chi connectivity index (χ0v) is 13.1. The fourth-order valence-corrected chi connectivity index (χ4v) is 3.10. The van der Waals surface area contributed by atoms with E-state index in [1.807, 2.05) is 5.38 Å². The first-order valence-electron chi connectivity index (χ1n) is 7.26. The molecule has 0 radical (unpaired) electrons. The normalized spacial score (nSPS) is 18.5. The monoisotopic (exact) mass is 321 g/mol. The minimum Gasteiger partial charge on any atom is -0.466 e. The molecule has 6 nitrogen and oxygen atoms in total. The number of thiazole rings is 1. The van der Waals surface area contributed by atoms with Gasteiger partial charge < -0.3 is 20.2 Å². The van der Waals surface area contributed by atoms with Crippen molar-refractivity contribution in [2.45, 2.75) is 31.4 Å². The molecule has 7 heteroatoms. The lowest BCUT2D eigenvalue weighted by Gasteiger charge is -2.22. The number of aliphatic hydroxyl groups is 1. The largest absolute Gasteiger partial charge is 0.466 e. The van der Waals surface area contributed by atoms with E-state index in [1.165, 1.54) is 6.26 Å². The van der Waals surface area contributed by atoms with Crippen molar-refractivity contribution in [1.82, 2.24) is 15.6 Å². The number of carbonyl (C=O) groups excluding carboxylic acids is 1. The lowest BCUT2D eigenvalue weighted by molar-refractivity contribution is 0.0366. The van der Waals surface area contributed by atoms with E-state index in [2.05, 4.69) is 15.6 Å². The van der Waals surface area contributed by atoms with Crippen molar-refractivity contribution >= 4 is 17.4 Å². The first kappa shape index (κ1) is 15.1. The quantitative estimate of drug-likeness (QED) is 0.762. The van der Waals surface area contributed by atoms with Gasteiger partial charge in [-0.2, -0.15) is 0 Å². The highest BCUT2D eigenvalue weighted by Crippen LogP contribution is 2.41. The van der Waals surface area contributed by atoms with Gasteiger partial charge in [0.05, 0.1) is 18.8 Å². The lowest BCUT2D eigenvalue weighted by Crippen LogP contribution is -2.44. The number of nitrogens with one attached hydrogen (secondary N) is 2. The third-order valence-corrected chi connectivity index (χ3v) is 4.60. The number of furan rings is 1. The molecular formula is C15H19N3O3S. The maximum absolute atomic E-state index is 12.1. The number of hydrogen-bond donors (Lipinski definition) is 3. The van der Waals surface area contributed by atoms with Crippen molar-refractivity contribution in [2.75, 3.05) is 6.54 Å². The summed E-state index contributed by atoms with van der Waals surface area (Å²) in [5.41, 5.74) is -1.24. The SMILES string of the molecule is C[C@](O)(CNC(=O)N[C@@H](c1nccs1)C1CC1)c1ccco1. The van der Waals surface area contributed by atoms with Crippen LogP contribution in [0.15, 0.2) is 34.4 Å². The van der Waals surface area contributed by atoms with Crippen LogP contribution in [0, 0.1) is 5.92 Å². The van der Waals surface area contributed by atoms with Crippen LogP contribution in [-0.4, -0.2) is 22.7 Å². The first-order chi connectivity index (χ1) is 10.6. The number of amides is 2. The van der Waals surface area contributed by atoms with Gasteiger partial charge in [0.1, 0.15) is 16.4 Å². The molecular weight excluding hydrogens is 302 g/mol. The summed E-state index contributed by atoms with van der Waals surface area (Å²) >= 11 is 1.55. The second kappa shape index (κ2) is 6.10. The molecule has 0 aliphatic heterocycles. The van der Waals surface area contributed by atoms with Crippen LogP contribution in [0.1, 0.15) is 36.6 Å². The number of nitrogens with zero attached hydrogens (tertiary/aromatic N) is 1. The smallest absolute Gasteiger partial charge is 0.315 e. The summed E-state index contributed by atoms with van der Waals surface area (Å²) in [6, 6.07) is 3.03. The van der Waals surface area contributed by atoms with Crippen LogP contribution >= 0.6 is 11.3 Å². The van der Waals surface area contributed by atoms with Gasteiger partial charge >= 0.3 is 6.03 Å². The average molecular weight is 321 g/mol. The molecule has 0 saturated heterocycles. The zero-order chi connectivity index (χ0) is 15.6. The van der Waals surface area contributed by atoms with Crippen molar-refractivity contribution in [3.8, 4) is 0 Å². The maximum Gasteiger partial charge on any atom is 0.315 e. The first-order valence-corrected chi connectivity index (χ1v) is 8.14. The van der Waals surface area contributed by atoms with Gasteiger partial charge in [-0.3, -0.25) is 0 Å². The molecule has 1 saturated carbocycles. The van der Waals surface area contributed by atoms with E-state index in [4.69, 9.17) is 4.42 Å². The second-order valence-corrected chi connectivity index (χ2v) is 6.69. The number of rotatable bonds is 6. The van der Waals surface area contributed by atoms with Crippen LogP contribution in [0.4, 0.5) is 4.79 Å². The molecule has 2 aromatic rings. The van der Waals surface area contributed by atoms with E-state index in [0.29, 0.717) is 11.7 Å². The topological polar surface area (TPSA) is 87.4 Å². The highest BCUT2D eigenvalue weighted by atomic mass is 32.1. The Morgan fingerprint density at radius 3 is 3.05 bits per heavy atom. The molecule has 1 fully saturated rings. The van der Waals surface area contributed by atoms with E-state index in [1.54, 1.807) is 36.6 Å². The Morgan fingerprint density at radius 2 is 2.45 bits per heavy atom. The van der Waals surface area contributed by atoms with Crippen molar-refractivity contribution in [3.05, 3.63) is 40.7 Å². The third kappa shape index (κ3) is 3.48. The molecule has 118 valence electrons. The maximum atomic E-state index is 12.1. The van der Waals surface area contributed by atoms with Crippen LogP contribution < -0.4 is 10.6 Å². The van der Waals surface area contributed by atoms with Crippen LogP contribution in [0.25, 0.3) is 0 Å². The molecule has 0 unspecified atom stereocenters. The van der Waals surface area contributed by atoms with E-state index < -0.39 is 5.60 Å². The molecule has 3 rings (SSSR count). The number of carbonyl (C=O) groups is 1. The molecule has 3 N–H and O–H groups in total. The van der Waals surface area contributed by atoms with Crippen molar-refractivity contribution in [1.29, 1.82) is 0 Å². The van der Waals surface area contributed by atoms with Crippen molar-refractivity contribution in [3.63, 3.8) is 0 Å². The van der Waals surface area contributed by atoms with Gasteiger partial charge in [0.2, 0.25) is 0 Å². The summed E-state index contributed by atoms with van der Waals surface area (Å²) in [6.45, 7) is 1.67. The number of urea groups is 1. The number of aromatic nitrogens is 1. The summed E-state index contributed by atoms with van der Waals surface area (Å²) in [7, 11) is 0. The van der Waals surface area contributed by atoms with E-state index >= 15 is 0 Å². The zero-order valence-electron chi connectivity index (χ0n) is 12.3. The van der Waals surface area contributed by atoms with Gasteiger partial charge in [-0.1, -0.05) is 0 Å². The van der Waals surface area contributed by atoms with E-state index in [-0.39, 0.29) is 18.6 Å². The highest BCUT2D eigenvalue weighted by molar-refractivity contribution is 7.09. The van der Waals surface area contributed by atoms with Crippen molar-refractivity contribution in [2.24, 2.45) is 5.92 Å². The van der Waals surface area contributed by atoms with Crippen LogP contribution in [-0.2, 0) is 5.60 Å². The Balaban J connectivity index is 1.56. The van der Waals surface area contributed by atoms with E-state index in [9.17, 15) is 9.90 Å². The number of hydrogen-bond acceptors (Lipinski definition) is 5. The summed E-state index contributed by atoms with van der Waals surface area (Å²) < 4.78 is 5.19. The van der Waals surface area contributed by atoms with Gasteiger partial charge in [0, 0.05) is 11.6 Å². The van der Waals surface area contributed by atoms with Crippen LogP contribution in [0.5, 0.6) is 0 Å². The van der Waals surface area contributed by atoms with Gasteiger partial charge in [-0.25, -0.2) is 9.78 Å². The molecule has 0 spiro atoms. The van der Waals surface area contributed by atoms with Gasteiger partial charge in [-0.15, -0.1) is 11.3 Å². The fourth-order valence-electron chi connectivity index (χ4n) is 2.32. The highest BCUT2D eigenvalue weighted by Gasteiger charge is 2.35. The Hall–Kier alpha value is -1.86. The summed E-state index contributed by atoms with van der Waals surface area (Å²) in [4.78, 5) is 16.4. The summed E-state index contributed by atoms with van der Waals surface area (Å²) in [6.07, 6.45) is 5.45. The molecule has 0 aromatic carbocycles. The van der Waals surface area contributed by atoms with Gasteiger partial charge in [0.25, 0.3) is 0 Å². The third-order valence-electron chi connectivity index (χ3n) is 3.74. The molecule has 22 heavy (non-hydrogen) atoms. The van der Waals surface area contributed by atoms with Gasteiger partial charge in [0.15, 0.2) is 0 Å². The molecule has 2 atom stereocenters. The van der Waals surface area contributed by atoms with Crippen LogP contribution in [0.3, 0.4) is 0 Å². The average Bonchev–Trinajstić information content (AvgIpc) is 2.97. The van der Waals surface area contributed by atoms with E-state index in [0.717, 1.165) is 17.8 Å². The lowest BCUT2D eigenvalue weighted by atomic mass is 10.0. The molecule has 2 heterocycles. The van der Waals surface area contributed by atoms with Crippen LogP contribution in [0.2, 0.25) is 0 Å². The minimum absolute atomic E-state index is 0.0476. The Kier molecular flexibility index (Phi) is 4.17. The molecule has 0 bridgehead atoms. The second-order valence-electron chi connectivity index (χ2n) is 5.76. The Labute approximate surface area is 132 Å². The predicted molar refractivity (Wildman–Crippen MR) is 82.4 cm³/mol. The minimum atomic E-state index is -1.24. The van der Waals surface area contributed by atoms with Gasteiger partial charge in [-0.05, 0) is 37.8 Å². The fraction of sp³-hybridized carbons (Fsp3) is 0.467. The Bertz CT molecular complexity index is 606.